The molecule has 1 fully saturated rings. The fraction of sp³-hybridized carbons (Fsp3) is 0.261. The number of aromatic amines is 1. The van der Waals surface area contributed by atoms with Crippen LogP contribution >= 0.6 is 23.2 Å². The molecule has 182 valence electrons. The summed E-state index contributed by atoms with van der Waals surface area (Å²) in [6.45, 7) is 1.33. The van der Waals surface area contributed by atoms with Crippen LogP contribution in [0.3, 0.4) is 0 Å². The van der Waals surface area contributed by atoms with E-state index in [1.54, 1.807) is 19.3 Å². The van der Waals surface area contributed by atoms with Gasteiger partial charge in [0.15, 0.2) is 6.23 Å². The molecule has 3 N–H and O–H groups in total. The van der Waals surface area contributed by atoms with Crippen LogP contribution in [0, 0.1) is 0 Å². The number of hydrogen-bond acceptors (Lipinski definition) is 8. The maximum absolute atomic E-state index is 12.4. The Kier molecular flexibility index (Phi) is 6.54. The number of nitrogens with one attached hydrogen (secondary N) is 1. The molecule has 4 heterocycles. The fourth-order valence-corrected chi connectivity index (χ4v) is 6.19. The fourth-order valence-electron chi connectivity index (χ4n) is 4.03. The van der Waals surface area contributed by atoms with Crippen LogP contribution in [0.2, 0.25) is 10.0 Å². The summed E-state index contributed by atoms with van der Waals surface area (Å²) in [6.07, 6.45) is 3.87. The monoisotopic (exact) mass is 531 g/mol. The molecule has 9 nitrogen and oxygen atoms in total. The van der Waals surface area contributed by atoms with Crippen molar-refractivity contribution in [2.24, 2.45) is 10.1 Å². The molecule has 0 radical (unpaired) electrons. The van der Waals surface area contributed by atoms with Crippen molar-refractivity contribution in [1.82, 2.24) is 20.2 Å². The molecule has 35 heavy (non-hydrogen) atoms. The predicted molar refractivity (Wildman–Crippen MR) is 140 cm³/mol. The van der Waals surface area contributed by atoms with E-state index in [0.29, 0.717) is 46.0 Å². The van der Waals surface area contributed by atoms with E-state index in [0.717, 1.165) is 28.0 Å². The number of hydrogen-bond donors (Lipinski definition) is 2. The molecule has 1 aliphatic rings. The number of fused-ring (bicyclic) bond motifs is 1. The van der Waals surface area contributed by atoms with Gasteiger partial charge in [0.1, 0.15) is 17.3 Å². The van der Waals surface area contributed by atoms with Crippen molar-refractivity contribution in [3.63, 3.8) is 0 Å². The highest BCUT2D eigenvalue weighted by molar-refractivity contribution is 7.93. The quantitative estimate of drug-likeness (QED) is 0.368. The van der Waals surface area contributed by atoms with Gasteiger partial charge in [-0.3, -0.25) is 15.8 Å². The average molecular weight is 532 g/mol. The van der Waals surface area contributed by atoms with Crippen LogP contribution < -0.4 is 15.4 Å². The van der Waals surface area contributed by atoms with E-state index in [9.17, 15) is 4.21 Å². The summed E-state index contributed by atoms with van der Waals surface area (Å²) in [5.41, 5.74) is 9.14. The van der Waals surface area contributed by atoms with Crippen molar-refractivity contribution in [2.75, 3.05) is 36.5 Å². The normalized spacial score (nSPS) is 16.3. The van der Waals surface area contributed by atoms with Crippen LogP contribution in [0.4, 0.5) is 5.82 Å². The van der Waals surface area contributed by atoms with Gasteiger partial charge >= 0.3 is 0 Å². The van der Waals surface area contributed by atoms with E-state index in [1.165, 1.54) is 12.4 Å². The molecule has 0 spiro atoms. The molecule has 0 aliphatic carbocycles. The van der Waals surface area contributed by atoms with Gasteiger partial charge in [0.25, 0.3) is 0 Å². The van der Waals surface area contributed by atoms with Crippen LogP contribution in [0.1, 0.15) is 11.8 Å². The van der Waals surface area contributed by atoms with Gasteiger partial charge in [0, 0.05) is 76.5 Å². The lowest BCUT2D eigenvalue weighted by molar-refractivity contribution is 0.214. The minimum Gasteiger partial charge on any atom is -0.471 e. The average Bonchev–Trinajstić information content (AvgIpc) is 3.28. The number of halogens is 2. The number of anilines is 1. The van der Waals surface area contributed by atoms with Crippen molar-refractivity contribution < 1.29 is 8.95 Å². The number of ether oxygens (including phenoxy) is 1. The van der Waals surface area contributed by atoms with Crippen LogP contribution in [0.15, 0.2) is 53.3 Å². The zero-order valence-electron chi connectivity index (χ0n) is 18.8. The van der Waals surface area contributed by atoms with Crippen molar-refractivity contribution in [2.45, 2.75) is 6.23 Å². The Morgan fingerprint density at radius 2 is 1.89 bits per heavy atom. The number of aromatic nitrogens is 4. The Labute approximate surface area is 212 Å². The molecular formula is C23H23Cl2N7O2S. The SMILES string of the molecule is CN=S1(=O)CCN(c2ccc(-c3n[nH]c4ccc(O[C@H](N)c5c(Cl)cncc5Cl)cc34)cn2)CC1. The second-order valence-electron chi connectivity index (χ2n) is 8.09. The maximum atomic E-state index is 12.4. The van der Waals surface area contributed by atoms with E-state index in [-0.39, 0.29) is 0 Å². The molecule has 3 aromatic heterocycles. The minimum atomic E-state index is -2.07. The first kappa shape index (κ1) is 23.8. The Morgan fingerprint density at radius 3 is 2.54 bits per heavy atom. The molecule has 4 aromatic rings. The topological polar surface area (TPSA) is 122 Å². The Bertz CT molecular complexity index is 1470. The molecule has 1 atom stereocenters. The number of benzene rings is 1. The molecule has 12 heteroatoms. The highest BCUT2D eigenvalue weighted by atomic mass is 35.5. The lowest BCUT2D eigenvalue weighted by Gasteiger charge is -2.29. The minimum absolute atomic E-state index is 0.335. The number of nitrogens with zero attached hydrogens (tertiary/aromatic N) is 5. The lowest BCUT2D eigenvalue weighted by Crippen LogP contribution is -2.40. The maximum Gasteiger partial charge on any atom is 0.177 e. The summed E-state index contributed by atoms with van der Waals surface area (Å²) in [5, 5.41) is 9.05. The van der Waals surface area contributed by atoms with Crippen molar-refractivity contribution in [3.8, 4) is 17.0 Å². The number of nitrogens with two attached hydrogens (primary N) is 1. The lowest BCUT2D eigenvalue weighted by atomic mass is 10.1. The highest BCUT2D eigenvalue weighted by Gasteiger charge is 2.21. The molecule has 1 saturated heterocycles. The molecule has 5 rings (SSSR count). The van der Waals surface area contributed by atoms with Gasteiger partial charge in [0.2, 0.25) is 0 Å². The Balaban J connectivity index is 1.38. The summed E-state index contributed by atoms with van der Waals surface area (Å²) in [4.78, 5) is 10.7. The molecular weight excluding hydrogens is 509 g/mol. The van der Waals surface area contributed by atoms with Gasteiger partial charge in [-0.05, 0) is 30.3 Å². The Hall–Kier alpha value is -2.92. The zero-order valence-corrected chi connectivity index (χ0v) is 21.1. The van der Waals surface area contributed by atoms with Gasteiger partial charge in [-0.2, -0.15) is 5.10 Å². The first-order valence-electron chi connectivity index (χ1n) is 10.9. The third-order valence-electron chi connectivity index (χ3n) is 6.01. The summed E-state index contributed by atoms with van der Waals surface area (Å²) in [6, 6.07) is 9.46. The third-order valence-corrected chi connectivity index (χ3v) is 8.92. The van der Waals surface area contributed by atoms with Gasteiger partial charge < -0.3 is 9.64 Å². The summed E-state index contributed by atoms with van der Waals surface area (Å²) >= 11 is 12.4. The van der Waals surface area contributed by atoms with Gasteiger partial charge in [0.05, 0.1) is 15.6 Å². The van der Waals surface area contributed by atoms with Gasteiger partial charge in [-0.1, -0.05) is 23.2 Å². The molecule has 1 aromatic carbocycles. The molecule has 1 aliphatic heterocycles. The van der Waals surface area contributed by atoms with Crippen molar-refractivity contribution >= 4 is 49.7 Å². The second-order valence-corrected chi connectivity index (χ2v) is 11.6. The van der Waals surface area contributed by atoms with E-state index in [1.807, 2.05) is 24.3 Å². The van der Waals surface area contributed by atoms with E-state index >= 15 is 0 Å². The standard InChI is InChI=1S/C23H23Cl2N7O2S/c1-27-35(33)8-6-32(7-9-35)20-5-2-14(11-29-20)22-16-10-15(3-4-19(16)30-31-22)34-23(26)21-17(24)12-28-13-18(21)25/h2-5,10-13,23H,6-9,26H2,1H3,(H,30,31)/t23-/m0/s1. The van der Waals surface area contributed by atoms with Crippen molar-refractivity contribution in [3.05, 3.63) is 64.5 Å². The molecule has 0 bridgehead atoms. The van der Waals surface area contributed by atoms with Crippen LogP contribution in [0.25, 0.3) is 22.2 Å². The van der Waals surface area contributed by atoms with Crippen LogP contribution in [-0.2, 0) is 9.73 Å². The smallest absolute Gasteiger partial charge is 0.177 e. The number of pyridine rings is 2. The van der Waals surface area contributed by atoms with E-state index in [4.69, 9.17) is 33.7 Å². The number of H-pyrrole nitrogens is 1. The summed E-state index contributed by atoms with van der Waals surface area (Å²) < 4.78 is 22.4. The van der Waals surface area contributed by atoms with Crippen LogP contribution in [-0.4, -0.2) is 56.0 Å². The van der Waals surface area contributed by atoms with Crippen LogP contribution in [0.5, 0.6) is 5.75 Å². The van der Waals surface area contributed by atoms with Gasteiger partial charge in [-0.25, -0.2) is 13.6 Å². The zero-order chi connectivity index (χ0) is 24.6. The highest BCUT2D eigenvalue weighted by Crippen LogP contribution is 2.33. The second kappa shape index (κ2) is 9.62. The largest absolute Gasteiger partial charge is 0.471 e. The molecule has 0 saturated carbocycles. The molecule has 0 amide bonds. The summed E-state index contributed by atoms with van der Waals surface area (Å²) in [5.74, 6) is 2.49. The third kappa shape index (κ3) is 4.79. The van der Waals surface area contributed by atoms with E-state index < -0.39 is 16.0 Å². The number of rotatable bonds is 5. The predicted octanol–water partition coefficient (Wildman–Crippen LogP) is 4.28. The van der Waals surface area contributed by atoms with E-state index in [2.05, 4.69) is 29.4 Å². The summed E-state index contributed by atoms with van der Waals surface area (Å²) in [7, 11) is -0.438. The van der Waals surface area contributed by atoms with Crippen molar-refractivity contribution in [1.29, 1.82) is 0 Å². The first-order valence-corrected chi connectivity index (χ1v) is 13.5. The Morgan fingerprint density at radius 1 is 1.14 bits per heavy atom. The first-order chi connectivity index (χ1) is 16.9. The van der Waals surface area contributed by atoms with Gasteiger partial charge in [-0.15, -0.1) is 0 Å². The molecule has 0 unspecified atom stereocenters.